The molecule has 0 bridgehead atoms. The number of benzene rings is 3. The van der Waals surface area contributed by atoms with Crippen LogP contribution in [0.3, 0.4) is 0 Å². The first-order valence-corrected chi connectivity index (χ1v) is 9.96. The third-order valence-electron chi connectivity index (χ3n) is 4.89. The summed E-state index contributed by atoms with van der Waals surface area (Å²) in [5.41, 5.74) is 4.57. The predicted molar refractivity (Wildman–Crippen MR) is 117 cm³/mol. The Morgan fingerprint density at radius 1 is 0.815 bits per heavy atom. The number of anilines is 1. The monoisotopic (exact) mass is 423 g/mol. The topological polar surface area (TPSA) is 12.5 Å². The van der Waals surface area contributed by atoms with E-state index in [0.717, 1.165) is 23.1 Å². The molecule has 0 saturated carbocycles. The molecule has 0 atom stereocenters. The summed E-state index contributed by atoms with van der Waals surface area (Å²) in [4.78, 5) is 2.41. The van der Waals surface area contributed by atoms with E-state index in [4.69, 9.17) is 4.74 Å². The Morgan fingerprint density at radius 3 is 1.81 bits per heavy atom. The Morgan fingerprint density at radius 2 is 1.33 bits per heavy atom. The van der Waals surface area contributed by atoms with Crippen molar-refractivity contribution in [3.05, 3.63) is 100 Å². The average Bonchev–Trinajstić information content (AvgIpc) is 2.68. The second-order valence-corrected chi connectivity index (χ2v) is 8.16. The van der Waals surface area contributed by atoms with Gasteiger partial charge in [-0.05, 0) is 48.7 Å². The second kappa shape index (κ2) is 8.73. The van der Waals surface area contributed by atoms with Gasteiger partial charge in [-0.2, -0.15) is 0 Å². The minimum Gasteiger partial charge on any atom is -0.374 e. The third-order valence-corrected chi connectivity index (χ3v) is 5.34. The van der Waals surface area contributed by atoms with E-state index in [-0.39, 0.29) is 5.60 Å². The molecule has 140 valence electrons. The Kier molecular flexibility index (Phi) is 6.35. The zero-order chi connectivity index (χ0) is 19.3. The van der Waals surface area contributed by atoms with Crippen molar-refractivity contribution >= 4 is 21.6 Å². The van der Waals surface area contributed by atoms with Gasteiger partial charge in [0.1, 0.15) is 0 Å². The van der Waals surface area contributed by atoms with Crippen molar-refractivity contribution in [1.82, 2.24) is 0 Å². The molecule has 0 N–H and O–H groups in total. The Hall–Kier alpha value is -2.10. The van der Waals surface area contributed by atoms with Gasteiger partial charge in [0, 0.05) is 30.4 Å². The zero-order valence-corrected chi connectivity index (χ0v) is 17.7. The molecule has 0 unspecified atom stereocenters. The summed E-state index contributed by atoms with van der Waals surface area (Å²) in [5, 5.41) is 0. The molecule has 3 heteroatoms. The van der Waals surface area contributed by atoms with Crippen LogP contribution in [0, 0.1) is 0 Å². The van der Waals surface area contributed by atoms with Crippen molar-refractivity contribution in [2.75, 3.05) is 12.0 Å². The van der Waals surface area contributed by atoms with Crippen LogP contribution in [0.15, 0.2) is 83.3 Å². The average molecular weight is 424 g/mol. The Labute approximate surface area is 170 Å². The molecule has 0 aliphatic carbocycles. The first kappa shape index (κ1) is 19.7. The molecule has 0 fully saturated rings. The summed E-state index contributed by atoms with van der Waals surface area (Å²) in [6.45, 7) is 5.88. The van der Waals surface area contributed by atoms with E-state index in [1.54, 1.807) is 7.11 Å². The number of nitrogens with zero attached hydrogens (tertiary/aromatic N) is 1. The van der Waals surface area contributed by atoms with Crippen LogP contribution in [0.25, 0.3) is 0 Å². The van der Waals surface area contributed by atoms with Gasteiger partial charge < -0.3 is 9.64 Å². The van der Waals surface area contributed by atoms with E-state index in [2.05, 4.69) is 114 Å². The fourth-order valence-electron chi connectivity index (χ4n) is 3.07. The molecule has 0 aliphatic rings. The number of ether oxygens (including phenoxy) is 1. The van der Waals surface area contributed by atoms with Crippen molar-refractivity contribution in [2.24, 2.45) is 0 Å². The number of hydrogen-bond acceptors (Lipinski definition) is 2. The maximum atomic E-state index is 5.71. The molecule has 0 amide bonds. The summed E-state index contributed by atoms with van der Waals surface area (Å²) in [6, 6.07) is 27.8. The standard InChI is InChI=1S/C24H26BrNO/c1-24(2,27-3)21-14-22(25)16-23(15-21)26(17-19-10-6-4-7-11-19)18-20-12-8-5-9-13-20/h4-16H,17-18H2,1-3H3. The molecule has 0 radical (unpaired) electrons. The van der Waals surface area contributed by atoms with Crippen LogP contribution < -0.4 is 4.90 Å². The van der Waals surface area contributed by atoms with E-state index < -0.39 is 0 Å². The molecule has 3 aromatic carbocycles. The van der Waals surface area contributed by atoms with Crippen LogP contribution in [-0.2, 0) is 23.4 Å². The summed E-state index contributed by atoms with van der Waals surface area (Å²) in [6.07, 6.45) is 0. The number of hydrogen-bond donors (Lipinski definition) is 0. The van der Waals surface area contributed by atoms with Gasteiger partial charge in [-0.3, -0.25) is 0 Å². The lowest BCUT2D eigenvalue weighted by Crippen LogP contribution is -2.24. The first-order valence-electron chi connectivity index (χ1n) is 9.17. The van der Waals surface area contributed by atoms with Gasteiger partial charge in [-0.15, -0.1) is 0 Å². The predicted octanol–water partition coefficient (Wildman–Crippen LogP) is 6.54. The summed E-state index contributed by atoms with van der Waals surface area (Å²) in [5.74, 6) is 0. The van der Waals surface area contributed by atoms with E-state index in [1.165, 1.54) is 16.8 Å². The van der Waals surface area contributed by atoms with Crippen molar-refractivity contribution in [3.63, 3.8) is 0 Å². The molecule has 0 aromatic heterocycles. The van der Waals surface area contributed by atoms with Crippen LogP contribution in [0.1, 0.15) is 30.5 Å². The molecule has 3 aromatic rings. The minimum atomic E-state index is -0.344. The van der Waals surface area contributed by atoms with Crippen molar-refractivity contribution in [2.45, 2.75) is 32.5 Å². The van der Waals surface area contributed by atoms with E-state index in [0.29, 0.717) is 0 Å². The highest BCUT2D eigenvalue weighted by molar-refractivity contribution is 9.10. The molecule has 0 aliphatic heterocycles. The molecule has 27 heavy (non-hydrogen) atoms. The molecule has 0 heterocycles. The smallest absolute Gasteiger partial charge is 0.0872 e. The first-order chi connectivity index (χ1) is 13.0. The van der Waals surface area contributed by atoms with Crippen LogP contribution in [0.2, 0.25) is 0 Å². The van der Waals surface area contributed by atoms with Crippen molar-refractivity contribution in [1.29, 1.82) is 0 Å². The van der Waals surface area contributed by atoms with Crippen LogP contribution in [0.4, 0.5) is 5.69 Å². The lowest BCUT2D eigenvalue weighted by molar-refractivity contribution is 0.0192. The van der Waals surface area contributed by atoms with Gasteiger partial charge >= 0.3 is 0 Å². The molecular weight excluding hydrogens is 398 g/mol. The molecule has 0 spiro atoms. The Balaban J connectivity index is 1.99. The molecular formula is C24H26BrNO. The van der Waals surface area contributed by atoms with Gasteiger partial charge in [0.2, 0.25) is 0 Å². The lowest BCUT2D eigenvalue weighted by atomic mass is 9.97. The van der Waals surface area contributed by atoms with Gasteiger partial charge in [0.05, 0.1) is 5.60 Å². The van der Waals surface area contributed by atoms with E-state index in [9.17, 15) is 0 Å². The third kappa shape index (κ3) is 5.21. The summed E-state index contributed by atoms with van der Waals surface area (Å²) in [7, 11) is 1.76. The number of halogens is 1. The van der Waals surface area contributed by atoms with Crippen LogP contribution >= 0.6 is 15.9 Å². The fraction of sp³-hybridized carbons (Fsp3) is 0.250. The van der Waals surface area contributed by atoms with Gasteiger partial charge in [-0.25, -0.2) is 0 Å². The Bertz CT molecular complexity index is 821. The fourth-order valence-corrected chi connectivity index (χ4v) is 3.55. The molecule has 0 saturated heterocycles. The second-order valence-electron chi connectivity index (χ2n) is 7.24. The van der Waals surface area contributed by atoms with Crippen LogP contribution in [0.5, 0.6) is 0 Å². The quantitative estimate of drug-likeness (QED) is 0.427. The largest absolute Gasteiger partial charge is 0.374 e. The van der Waals surface area contributed by atoms with Crippen molar-refractivity contribution < 1.29 is 4.74 Å². The van der Waals surface area contributed by atoms with E-state index in [1.807, 2.05) is 0 Å². The molecule has 2 nitrogen and oxygen atoms in total. The minimum absolute atomic E-state index is 0.344. The lowest BCUT2D eigenvalue weighted by Gasteiger charge is -2.29. The highest BCUT2D eigenvalue weighted by Gasteiger charge is 2.21. The highest BCUT2D eigenvalue weighted by Crippen LogP contribution is 2.32. The van der Waals surface area contributed by atoms with Gasteiger partial charge in [-0.1, -0.05) is 76.6 Å². The maximum Gasteiger partial charge on any atom is 0.0872 e. The van der Waals surface area contributed by atoms with Gasteiger partial charge in [0.25, 0.3) is 0 Å². The molecule has 3 rings (SSSR count). The number of rotatable bonds is 7. The van der Waals surface area contributed by atoms with Crippen molar-refractivity contribution in [3.8, 4) is 0 Å². The highest BCUT2D eigenvalue weighted by atomic mass is 79.9. The number of methoxy groups -OCH3 is 1. The van der Waals surface area contributed by atoms with Crippen LogP contribution in [-0.4, -0.2) is 7.11 Å². The normalized spacial score (nSPS) is 11.4. The SMILES string of the molecule is COC(C)(C)c1cc(Br)cc(N(Cc2ccccc2)Cc2ccccc2)c1. The summed E-state index contributed by atoms with van der Waals surface area (Å²) < 4.78 is 6.77. The summed E-state index contributed by atoms with van der Waals surface area (Å²) >= 11 is 3.69. The maximum absolute atomic E-state index is 5.71. The van der Waals surface area contributed by atoms with E-state index >= 15 is 0 Å². The van der Waals surface area contributed by atoms with Gasteiger partial charge in [0.15, 0.2) is 0 Å². The zero-order valence-electron chi connectivity index (χ0n) is 16.2.